The minimum Gasteiger partial charge on any atom is -0.396 e. The van der Waals surface area contributed by atoms with E-state index in [2.05, 4.69) is 10.6 Å². The smallest absolute Gasteiger partial charge is 0.243 e. The highest BCUT2D eigenvalue weighted by Gasteiger charge is 2.40. The number of carbonyl (C=O) groups is 2. The minimum absolute atomic E-state index is 0.0931. The van der Waals surface area contributed by atoms with Crippen LogP contribution in [-0.2, 0) is 9.59 Å². The molecule has 2 fully saturated rings. The molecule has 1 heterocycles. The van der Waals surface area contributed by atoms with Crippen LogP contribution >= 0.6 is 11.8 Å². The molecular weight excluding hydrogens is 264 g/mol. The van der Waals surface area contributed by atoms with Gasteiger partial charge in [-0.3, -0.25) is 9.59 Å². The Labute approximate surface area is 117 Å². The lowest BCUT2D eigenvalue weighted by atomic mass is 9.69. The molecule has 1 saturated carbocycles. The zero-order valence-electron chi connectivity index (χ0n) is 11.5. The summed E-state index contributed by atoms with van der Waals surface area (Å²) < 4.78 is -0.461. The summed E-state index contributed by atoms with van der Waals surface area (Å²) in [5, 5.41) is 15.0. The molecule has 0 unspecified atom stereocenters. The maximum atomic E-state index is 12.0. The molecule has 108 valence electrons. The van der Waals surface area contributed by atoms with Gasteiger partial charge in [0.25, 0.3) is 0 Å². The van der Waals surface area contributed by atoms with Gasteiger partial charge in [0.2, 0.25) is 11.8 Å². The summed E-state index contributed by atoms with van der Waals surface area (Å²) in [6.45, 7) is 4.33. The zero-order valence-corrected chi connectivity index (χ0v) is 12.3. The van der Waals surface area contributed by atoms with Gasteiger partial charge in [-0.05, 0) is 26.7 Å². The Morgan fingerprint density at radius 1 is 1.53 bits per heavy atom. The maximum absolute atomic E-state index is 12.0. The van der Waals surface area contributed by atoms with E-state index in [4.69, 9.17) is 0 Å². The van der Waals surface area contributed by atoms with Crippen molar-refractivity contribution in [2.45, 2.75) is 43.9 Å². The van der Waals surface area contributed by atoms with Gasteiger partial charge >= 0.3 is 0 Å². The molecule has 2 aliphatic rings. The zero-order chi connectivity index (χ0) is 14.1. The van der Waals surface area contributed by atoms with Crippen LogP contribution in [-0.4, -0.2) is 46.6 Å². The Balaban J connectivity index is 1.83. The van der Waals surface area contributed by atoms with E-state index in [-0.39, 0.29) is 23.8 Å². The average Bonchev–Trinajstić information content (AvgIpc) is 2.31. The van der Waals surface area contributed by atoms with Crippen molar-refractivity contribution in [3.8, 4) is 0 Å². The van der Waals surface area contributed by atoms with Gasteiger partial charge in [-0.25, -0.2) is 0 Å². The number of thioether (sulfide) groups is 1. The van der Waals surface area contributed by atoms with Crippen LogP contribution in [0.3, 0.4) is 0 Å². The van der Waals surface area contributed by atoms with Crippen molar-refractivity contribution < 1.29 is 14.7 Å². The Morgan fingerprint density at radius 3 is 2.68 bits per heavy atom. The van der Waals surface area contributed by atoms with Gasteiger partial charge < -0.3 is 15.7 Å². The topological polar surface area (TPSA) is 78.4 Å². The molecule has 0 aromatic rings. The molecule has 1 aliphatic carbocycles. The van der Waals surface area contributed by atoms with E-state index in [1.165, 1.54) is 11.8 Å². The molecule has 1 aliphatic heterocycles. The molecule has 0 bridgehead atoms. The highest BCUT2D eigenvalue weighted by molar-refractivity contribution is 8.01. The Kier molecular flexibility index (Phi) is 4.11. The standard InChI is InChI=1S/C13H22N2O3S/c1-12(2)11(18)15-9(6-19-12)10(17)14-7-13(8-16)4-3-5-13/h9,16H,3-8H2,1-2H3,(H,14,17)(H,15,18)/t9-/m1/s1. The highest BCUT2D eigenvalue weighted by Crippen LogP contribution is 2.39. The van der Waals surface area contributed by atoms with E-state index in [1.807, 2.05) is 13.8 Å². The number of hydrogen-bond donors (Lipinski definition) is 3. The largest absolute Gasteiger partial charge is 0.396 e. The molecule has 19 heavy (non-hydrogen) atoms. The number of aliphatic hydroxyl groups excluding tert-OH is 1. The second-order valence-electron chi connectivity index (χ2n) is 6.08. The fraction of sp³-hybridized carbons (Fsp3) is 0.846. The fourth-order valence-corrected chi connectivity index (χ4v) is 3.35. The van der Waals surface area contributed by atoms with E-state index in [9.17, 15) is 14.7 Å². The van der Waals surface area contributed by atoms with Crippen LogP contribution in [0.25, 0.3) is 0 Å². The van der Waals surface area contributed by atoms with Crippen LogP contribution in [0.4, 0.5) is 0 Å². The van der Waals surface area contributed by atoms with Crippen molar-refractivity contribution in [2.24, 2.45) is 5.41 Å². The lowest BCUT2D eigenvalue weighted by molar-refractivity contribution is -0.130. The van der Waals surface area contributed by atoms with Crippen LogP contribution in [0.1, 0.15) is 33.1 Å². The van der Waals surface area contributed by atoms with Crippen molar-refractivity contribution in [2.75, 3.05) is 18.9 Å². The lowest BCUT2D eigenvalue weighted by Gasteiger charge is -2.41. The summed E-state index contributed by atoms with van der Waals surface area (Å²) >= 11 is 1.50. The van der Waals surface area contributed by atoms with Gasteiger partial charge in [0.1, 0.15) is 6.04 Å². The summed E-state index contributed by atoms with van der Waals surface area (Å²) in [7, 11) is 0. The van der Waals surface area contributed by atoms with E-state index < -0.39 is 10.8 Å². The predicted octanol–water partition coefficient (Wildman–Crippen LogP) is 0.275. The van der Waals surface area contributed by atoms with E-state index in [0.29, 0.717) is 12.3 Å². The molecule has 6 heteroatoms. The molecule has 0 spiro atoms. The van der Waals surface area contributed by atoms with Crippen LogP contribution < -0.4 is 10.6 Å². The third-order valence-corrected chi connectivity index (χ3v) is 5.57. The lowest BCUT2D eigenvalue weighted by Crippen LogP contribution is -2.58. The molecule has 2 amide bonds. The van der Waals surface area contributed by atoms with Crippen molar-refractivity contribution in [1.82, 2.24) is 10.6 Å². The second kappa shape index (κ2) is 5.32. The molecule has 0 aromatic heterocycles. The Morgan fingerprint density at radius 2 is 2.21 bits per heavy atom. The average molecular weight is 286 g/mol. The molecule has 0 radical (unpaired) electrons. The summed E-state index contributed by atoms with van der Waals surface area (Å²) in [5.41, 5.74) is -0.124. The van der Waals surface area contributed by atoms with E-state index in [1.54, 1.807) is 0 Å². The molecule has 2 rings (SSSR count). The first-order chi connectivity index (χ1) is 8.88. The number of amides is 2. The fourth-order valence-electron chi connectivity index (χ4n) is 2.34. The second-order valence-corrected chi connectivity index (χ2v) is 7.72. The van der Waals surface area contributed by atoms with E-state index in [0.717, 1.165) is 19.3 Å². The van der Waals surface area contributed by atoms with Gasteiger partial charge in [0.05, 0.1) is 11.4 Å². The summed E-state index contributed by atoms with van der Waals surface area (Å²) in [4.78, 5) is 23.8. The number of carbonyl (C=O) groups excluding carboxylic acids is 2. The van der Waals surface area contributed by atoms with Crippen molar-refractivity contribution >= 4 is 23.6 Å². The van der Waals surface area contributed by atoms with Gasteiger partial charge in [0.15, 0.2) is 0 Å². The first kappa shape index (κ1) is 14.7. The normalized spacial score (nSPS) is 28.2. The quantitative estimate of drug-likeness (QED) is 0.693. The van der Waals surface area contributed by atoms with Crippen LogP contribution in [0.5, 0.6) is 0 Å². The van der Waals surface area contributed by atoms with Gasteiger partial charge in [0, 0.05) is 17.7 Å². The maximum Gasteiger partial charge on any atom is 0.243 e. The van der Waals surface area contributed by atoms with Gasteiger partial charge in [-0.1, -0.05) is 6.42 Å². The highest BCUT2D eigenvalue weighted by atomic mass is 32.2. The third kappa shape index (κ3) is 3.05. The Bertz CT molecular complexity index is 375. The summed E-state index contributed by atoms with van der Waals surface area (Å²) in [6, 6.07) is -0.457. The third-order valence-electron chi connectivity index (χ3n) is 4.17. The molecule has 1 atom stereocenters. The van der Waals surface area contributed by atoms with E-state index >= 15 is 0 Å². The first-order valence-electron chi connectivity index (χ1n) is 6.72. The SMILES string of the molecule is CC1(C)SC[C@H](C(=O)NCC2(CO)CCC2)NC1=O. The van der Waals surface area contributed by atoms with Crippen molar-refractivity contribution in [1.29, 1.82) is 0 Å². The number of nitrogens with one attached hydrogen (secondary N) is 2. The number of aliphatic hydroxyl groups is 1. The predicted molar refractivity (Wildman–Crippen MR) is 74.8 cm³/mol. The monoisotopic (exact) mass is 286 g/mol. The molecule has 1 saturated heterocycles. The molecule has 3 N–H and O–H groups in total. The summed E-state index contributed by atoms with van der Waals surface area (Å²) in [5.74, 6) is 0.358. The van der Waals surface area contributed by atoms with Crippen molar-refractivity contribution in [3.63, 3.8) is 0 Å². The summed E-state index contributed by atoms with van der Waals surface area (Å²) in [6.07, 6.45) is 3.03. The van der Waals surface area contributed by atoms with Crippen LogP contribution in [0.2, 0.25) is 0 Å². The Hall–Kier alpha value is -0.750. The molecule has 0 aromatic carbocycles. The van der Waals surface area contributed by atoms with Crippen molar-refractivity contribution in [3.05, 3.63) is 0 Å². The number of rotatable bonds is 4. The minimum atomic E-state index is -0.461. The molecule has 5 nitrogen and oxygen atoms in total. The van der Waals surface area contributed by atoms with Gasteiger partial charge in [-0.15, -0.1) is 11.8 Å². The first-order valence-corrected chi connectivity index (χ1v) is 7.71. The van der Waals surface area contributed by atoms with Gasteiger partial charge in [-0.2, -0.15) is 0 Å². The number of hydrogen-bond acceptors (Lipinski definition) is 4. The van der Waals surface area contributed by atoms with Crippen LogP contribution in [0, 0.1) is 5.41 Å². The van der Waals surface area contributed by atoms with Crippen LogP contribution in [0.15, 0.2) is 0 Å². The molecular formula is C13H22N2O3S.